The first-order valence-electron chi connectivity index (χ1n) is 6.50. The van der Waals surface area contributed by atoms with Crippen LogP contribution in [-0.2, 0) is 0 Å². The average molecular weight is 316 g/mol. The molecule has 0 amide bonds. The molecule has 0 fully saturated rings. The molecule has 0 aliphatic heterocycles. The van der Waals surface area contributed by atoms with Crippen LogP contribution in [0, 0.1) is 6.92 Å². The molecule has 0 aromatic carbocycles. The third-order valence-corrected chi connectivity index (χ3v) is 2.91. The van der Waals surface area contributed by atoms with Crippen LogP contribution in [0.25, 0.3) is 0 Å². The summed E-state index contributed by atoms with van der Waals surface area (Å²) in [5.74, 6) is 2.38. The zero-order chi connectivity index (χ0) is 13.4. The number of hydrogen-bond acceptors (Lipinski definition) is 4. The van der Waals surface area contributed by atoms with Crippen molar-refractivity contribution in [3.05, 3.63) is 11.9 Å². The van der Waals surface area contributed by atoms with Crippen LogP contribution in [0.2, 0.25) is 0 Å². The van der Waals surface area contributed by atoms with Gasteiger partial charge in [0.25, 0.3) is 0 Å². The van der Waals surface area contributed by atoms with Gasteiger partial charge in [-0.2, -0.15) is 4.98 Å². The molecule has 0 N–H and O–H groups in total. The zero-order valence-corrected chi connectivity index (χ0v) is 13.0. The van der Waals surface area contributed by atoms with Crippen molar-refractivity contribution in [3.8, 4) is 5.88 Å². The van der Waals surface area contributed by atoms with Gasteiger partial charge < -0.3 is 9.64 Å². The lowest BCUT2D eigenvalue weighted by Gasteiger charge is -2.23. The number of alkyl halides is 1. The molecule has 0 aliphatic rings. The highest BCUT2D eigenvalue weighted by Crippen LogP contribution is 2.18. The molecule has 0 bridgehead atoms. The van der Waals surface area contributed by atoms with E-state index < -0.39 is 0 Å². The maximum absolute atomic E-state index is 5.47. The van der Waals surface area contributed by atoms with Crippen molar-refractivity contribution in [1.82, 2.24) is 9.97 Å². The van der Waals surface area contributed by atoms with E-state index in [0.29, 0.717) is 12.5 Å². The Balaban J connectivity index is 2.87. The Morgan fingerprint density at radius 1 is 1.28 bits per heavy atom. The molecular formula is C13H22BrN3O. The number of rotatable bonds is 8. The van der Waals surface area contributed by atoms with Crippen LogP contribution >= 0.6 is 15.9 Å². The predicted octanol–water partition coefficient (Wildman–Crippen LogP) is 3.19. The molecule has 1 aromatic heterocycles. The fraction of sp³-hybridized carbons (Fsp3) is 0.692. The second kappa shape index (κ2) is 8.29. The Hall–Kier alpha value is -0.840. The summed E-state index contributed by atoms with van der Waals surface area (Å²) in [4.78, 5) is 11.0. The van der Waals surface area contributed by atoms with Crippen LogP contribution in [0.1, 0.15) is 32.5 Å². The zero-order valence-electron chi connectivity index (χ0n) is 11.4. The van der Waals surface area contributed by atoms with Gasteiger partial charge in [0.1, 0.15) is 11.6 Å². The van der Waals surface area contributed by atoms with E-state index >= 15 is 0 Å². The Kier molecular flexibility index (Phi) is 7.01. The topological polar surface area (TPSA) is 38.2 Å². The molecule has 0 unspecified atom stereocenters. The second-order valence-corrected chi connectivity index (χ2v) is 4.87. The van der Waals surface area contributed by atoms with Gasteiger partial charge in [0, 0.05) is 24.5 Å². The molecule has 4 nitrogen and oxygen atoms in total. The summed E-state index contributed by atoms with van der Waals surface area (Å²) in [7, 11) is 0. The van der Waals surface area contributed by atoms with Crippen LogP contribution in [-0.4, -0.2) is 35.0 Å². The Labute approximate surface area is 118 Å². The molecular weight excluding hydrogens is 294 g/mol. The minimum Gasteiger partial charge on any atom is -0.478 e. The van der Waals surface area contributed by atoms with Crippen molar-refractivity contribution in [2.45, 2.75) is 33.6 Å². The molecule has 1 aromatic rings. The van der Waals surface area contributed by atoms with Crippen molar-refractivity contribution < 1.29 is 4.74 Å². The van der Waals surface area contributed by atoms with Gasteiger partial charge >= 0.3 is 0 Å². The Morgan fingerprint density at radius 2 is 2.06 bits per heavy atom. The number of aryl methyl sites for hydroxylation is 1. The van der Waals surface area contributed by atoms with Gasteiger partial charge in [0.2, 0.25) is 5.88 Å². The molecule has 0 saturated carbocycles. The lowest BCUT2D eigenvalue weighted by atomic mass is 10.3. The summed E-state index contributed by atoms with van der Waals surface area (Å²) in [6.45, 7) is 8.65. The smallest absolute Gasteiger partial charge is 0.218 e. The summed E-state index contributed by atoms with van der Waals surface area (Å²) in [6, 6.07) is 1.93. The molecule has 0 saturated heterocycles. The molecule has 0 atom stereocenters. The van der Waals surface area contributed by atoms with Crippen molar-refractivity contribution in [2.24, 2.45) is 0 Å². The molecule has 1 heterocycles. The number of aromatic nitrogens is 2. The van der Waals surface area contributed by atoms with E-state index in [2.05, 4.69) is 37.7 Å². The van der Waals surface area contributed by atoms with E-state index in [9.17, 15) is 0 Å². The normalized spacial score (nSPS) is 10.4. The van der Waals surface area contributed by atoms with Gasteiger partial charge in [-0.25, -0.2) is 4.98 Å². The predicted molar refractivity (Wildman–Crippen MR) is 78.9 cm³/mol. The third-order valence-electron chi connectivity index (χ3n) is 2.55. The maximum Gasteiger partial charge on any atom is 0.218 e. The first kappa shape index (κ1) is 15.2. The maximum atomic E-state index is 5.47. The van der Waals surface area contributed by atoms with E-state index in [4.69, 9.17) is 4.74 Å². The highest BCUT2D eigenvalue weighted by atomic mass is 79.9. The van der Waals surface area contributed by atoms with Gasteiger partial charge in [0.15, 0.2) is 0 Å². The molecule has 0 aliphatic carbocycles. The summed E-state index contributed by atoms with van der Waals surface area (Å²) in [5, 5.41) is 0.934. The van der Waals surface area contributed by atoms with Gasteiger partial charge in [-0.05, 0) is 20.3 Å². The Bertz CT molecular complexity index is 360. The largest absolute Gasteiger partial charge is 0.478 e. The van der Waals surface area contributed by atoms with Crippen molar-refractivity contribution >= 4 is 21.7 Å². The number of ether oxygens (including phenoxy) is 1. The van der Waals surface area contributed by atoms with Gasteiger partial charge in [0.05, 0.1) is 6.61 Å². The average Bonchev–Trinajstić information content (AvgIpc) is 2.34. The van der Waals surface area contributed by atoms with Crippen molar-refractivity contribution in [1.29, 1.82) is 0 Å². The molecule has 0 radical (unpaired) electrons. The van der Waals surface area contributed by atoms with Crippen LogP contribution < -0.4 is 9.64 Å². The second-order valence-electron chi connectivity index (χ2n) is 4.07. The number of anilines is 1. The van der Waals surface area contributed by atoms with E-state index in [0.717, 1.165) is 30.1 Å². The standard InChI is InChI=1S/C13H22BrN3O/c1-4-6-8-17(9-7-14)12-10-13(18-5-2)16-11(3)15-12/h10H,4-9H2,1-3H3. The van der Waals surface area contributed by atoms with Gasteiger partial charge in [-0.1, -0.05) is 29.3 Å². The third kappa shape index (κ3) is 4.80. The Morgan fingerprint density at radius 3 is 2.67 bits per heavy atom. The number of hydrogen-bond donors (Lipinski definition) is 0. The van der Waals surface area contributed by atoms with Crippen molar-refractivity contribution in [3.63, 3.8) is 0 Å². The first-order chi connectivity index (χ1) is 8.71. The lowest BCUT2D eigenvalue weighted by Crippen LogP contribution is -2.27. The van der Waals surface area contributed by atoms with E-state index in [-0.39, 0.29) is 0 Å². The lowest BCUT2D eigenvalue weighted by molar-refractivity contribution is 0.325. The summed E-state index contributed by atoms with van der Waals surface area (Å²) < 4.78 is 5.47. The van der Waals surface area contributed by atoms with Crippen molar-refractivity contribution in [2.75, 3.05) is 29.9 Å². The molecule has 18 heavy (non-hydrogen) atoms. The SMILES string of the molecule is CCCCN(CCBr)c1cc(OCC)nc(C)n1. The quantitative estimate of drug-likeness (QED) is 0.691. The highest BCUT2D eigenvalue weighted by molar-refractivity contribution is 9.09. The fourth-order valence-electron chi connectivity index (χ4n) is 1.70. The number of nitrogens with zero attached hydrogens (tertiary/aromatic N) is 3. The number of unbranched alkanes of at least 4 members (excludes halogenated alkanes) is 1. The van der Waals surface area contributed by atoms with Gasteiger partial charge in [-0.3, -0.25) is 0 Å². The summed E-state index contributed by atoms with van der Waals surface area (Å²) in [5.41, 5.74) is 0. The molecule has 5 heteroatoms. The van der Waals surface area contributed by atoms with E-state index in [1.165, 1.54) is 12.8 Å². The minimum absolute atomic E-state index is 0.628. The van der Waals surface area contributed by atoms with Crippen LogP contribution in [0.4, 0.5) is 5.82 Å². The van der Waals surface area contributed by atoms with E-state index in [1.807, 2.05) is 19.9 Å². The van der Waals surface area contributed by atoms with Crippen LogP contribution in [0.15, 0.2) is 6.07 Å². The summed E-state index contributed by atoms with van der Waals surface area (Å²) in [6.07, 6.45) is 2.35. The van der Waals surface area contributed by atoms with E-state index in [1.54, 1.807) is 0 Å². The monoisotopic (exact) mass is 315 g/mol. The number of halogens is 1. The molecule has 1 rings (SSSR count). The van der Waals surface area contributed by atoms with Crippen LogP contribution in [0.3, 0.4) is 0 Å². The van der Waals surface area contributed by atoms with Gasteiger partial charge in [-0.15, -0.1) is 0 Å². The first-order valence-corrected chi connectivity index (χ1v) is 7.62. The fourth-order valence-corrected chi connectivity index (χ4v) is 2.13. The highest BCUT2D eigenvalue weighted by Gasteiger charge is 2.10. The van der Waals surface area contributed by atoms with Crippen LogP contribution in [0.5, 0.6) is 5.88 Å². The minimum atomic E-state index is 0.628. The molecule has 0 spiro atoms. The molecule has 102 valence electrons. The summed E-state index contributed by atoms with van der Waals surface area (Å²) >= 11 is 3.49.